The van der Waals surface area contributed by atoms with Gasteiger partial charge in [0.15, 0.2) is 5.69 Å². The van der Waals surface area contributed by atoms with Gasteiger partial charge in [0.25, 0.3) is 0 Å². The van der Waals surface area contributed by atoms with E-state index in [0.29, 0.717) is 35.5 Å². The molecule has 136 valence electrons. The van der Waals surface area contributed by atoms with Crippen LogP contribution >= 0.6 is 11.6 Å². The Morgan fingerprint density at radius 3 is 1.84 bits per heavy atom. The summed E-state index contributed by atoms with van der Waals surface area (Å²) in [5, 5.41) is 22.1. The lowest BCUT2D eigenvalue weighted by Gasteiger charge is -2.23. The number of aryl methyl sites for hydroxylation is 2. The first-order valence-corrected chi connectivity index (χ1v) is 7.90. The predicted molar refractivity (Wildman–Crippen MR) is 89.1 cm³/mol. The first kappa shape index (κ1) is 18.8. The molecule has 0 aliphatic carbocycles. The molecule has 2 aromatic heterocycles. The number of alkyl halides is 1. The molecule has 0 saturated carbocycles. The quantitative estimate of drug-likeness (QED) is 0.300. The second-order valence-corrected chi connectivity index (χ2v) is 6.78. The van der Waals surface area contributed by atoms with Crippen LogP contribution in [0.2, 0.25) is 0 Å². The lowest BCUT2D eigenvalue weighted by molar-refractivity contribution is -0.884. The molecule has 0 N–H and O–H groups in total. The van der Waals surface area contributed by atoms with Gasteiger partial charge >= 0.3 is 11.6 Å². The van der Waals surface area contributed by atoms with E-state index in [0.717, 1.165) is 0 Å². The van der Waals surface area contributed by atoms with Gasteiger partial charge in [0.2, 0.25) is 12.7 Å². The molecule has 0 atom stereocenters. The summed E-state index contributed by atoms with van der Waals surface area (Å²) in [7, 11) is 5.77. The Labute approximate surface area is 148 Å². The molecule has 0 saturated heterocycles. The van der Waals surface area contributed by atoms with E-state index in [9.17, 15) is 20.2 Å². The lowest BCUT2D eigenvalue weighted by Crippen LogP contribution is -2.34. The normalized spacial score (nSPS) is 11.7. The van der Waals surface area contributed by atoms with Crippen LogP contribution in [0, 0.1) is 20.2 Å². The molecular formula is C13H19ClN7O4+. The monoisotopic (exact) mass is 372 g/mol. The van der Waals surface area contributed by atoms with E-state index < -0.39 is 9.85 Å². The fraction of sp³-hybridized carbons (Fsp3) is 0.538. The number of nitrogens with zero attached hydrogens (tertiary/aromatic N) is 7. The maximum atomic E-state index is 11.2. The van der Waals surface area contributed by atoms with Crippen molar-refractivity contribution in [1.82, 2.24) is 19.1 Å². The number of quaternary nitrogens is 1. The molecule has 0 aliphatic rings. The van der Waals surface area contributed by atoms with E-state index in [1.807, 2.05) is 21.1 Å². The average Bonchev–Trinajstić information content (AvgIpc) is 3.06. The molecular weight excluding hydrogens is 354 g/mol. The largest absolute Gasteiger partial charge is 0.390 e. The third-order valence-electron chi connectivity index (χ3n) is 3.53. The smallest absolute Gasteiger partial charge is 0.358 e. The SMILES string of the molecule is C[N+](C)(C)Cc1c([N+](=O)[O-])ncn1CCn1cnc([N+](=O)[O-])c1CCl. The van der Waals surface area contributed by atoms with Crippen LogP contribution in [0.3, 0.4) is 0 Å². The Balaban J connectivity index is 2.27. The van der Waals surface area contributed by atoms with Crippen LogP contribution in [0.15, 0.2) is 12.7 Å². The van der Waals surface area contributed by atoms with Gasteiger partial charge in [-0.05, 0) is 19.8 Å². The molecule has 2 aromatic rings. The van der Waals surface area contributed by atoms with E-state index >= 15 is 0 Å². The molecule has 0 aliphatic heterocycles. The molecule has 11 nitrogen and oxygen atoms in total. The van der Waals surface area contributed by atoms with Gasteiger partial charge in [0, 0.05) is 13.1 Å². The maximum absolute atomic E-state index is 11.2. The van der Waals surface area contributed by atoms with Crippen LogP contribution in [0.4, 0.5) is 11.6 Å². The van der Waals surface area contributed by atoms with Crippen LogP contribution in [-0.2, 0) is 25.5 Å². The molecule has 12 heteroatoms. The van der Waals surface area contributed by atoms with Crippen LogP contribution < -0.4 is 0 Å². The van der Waals surface area contributed by atoms with Crippen molar-refractivity contribution in [1.29, 1.82) is 0 Å². The van der Waals surface area contributed by atoms with Gasteiger partial charge in [-0.1, -0.05) is 0 Å². The number of halogens is 1. The number of imidazole rings is 2. The molecule has 2 heterocycles. The second kappa shape index (κ2) is 7.15. The van der Waals surface area contributed by atoms with E-state index in [4.69, 9.17) is 11.6 Å². The van der Waals surface area contributed by atoms with Crippen molar-refractivity contribution in [2.45, 2.75) is 25.5 Å². The summed E-state index contributed by atoms with van der Waals surface area (Å²) in [6.07, 6.45) is 2.76. The Bertz CT molecular complexity index is 793. The van der Waals surface area contributed by atoms with E-state index in [-0.39, 0.29) is 17.5 Å². The summed E-state index contributed by atoms with van der Waals surface area (Å²) in [5.74, 6) is -0.507. The highest BCUT2D eigenvalue weighted by atomic mass is 35.5. The molecule has 0 amide bonds. The van der Waals surface area contributed by atoms with Gasteiger partial charge < -0.3 is 33.8 Å². The van der Waals surface area contributed by atoms with Gasteiger partial charge in [0.1, 0.15) is 12.2 Å². The van der Waals surface area contributed by atoms with Gasteiger partial charge in [-0.2, -0.15) is 0 Å². The zero-order valence-corrected chi connectivity index (χ0v) is 14.9. The standard InChI is InChI=1S/C13H19ClN7O4/c1-21(2,3)7-11-13(20(24)25)16-9-18(11)5-4-17-8-15-12(19(22)23)10(17)6-14/h8-9H,4-7H2,1-3H3/q+1. The first-order chi connectivity index (χ1) is 11.6. The molecule has 0 bridgehead atoms. The fourth-order valence-electron chi connectivity index (χ4n) is 2.45. The highest BCUT2D eigenvalue weighted by Gasteiger charge is 2.27. The van der Waals surface area contributed by atoms with Crippen LogP contribution in [0.25, 0.3) is 0 Å². The fourth-order valence-corrected chi connectivity index (χ4v) is 2.72. The number of rotatable bonds is 8. The zero-order chi connectivity index (χ0) is 18.8. The summed E-state index contributed by atoms with van der Waals surface area (Å²) in [5.41, 5.74) is 0.800. The van der Waals surface area contributed by atoms with Crippen molar-refractivity contribution < 1.29 is 14.3 Å². The van der Waals surface area contributed by atoms with Crippen molar-refractivity contribution in [3.8, 4) is 0 Å². The lowest BCUT2D eigenvalue weighted by atomic mass is 10.3. The van der Waals surface area contributed by atoms with Gasteiger partial charge in [0.05, 0.1) is 27.0 Å². The highest BCUT2D eigenvalue weighted by molar-refractivity contribution is 6.17. The molecule has 25 heavy (non-hydrogen) atoms. The van der Waals surface area contributed by atoms with E-state index in [1.165, 1.54) is 12.7 Å². The summed E-state index contributed by atoms with van der Waals surface area (Å²) in [6.45, 7) is 1.11. The van der Waals surface area contributed by atoms with Crippen molar-refractivity contribution in [3.05, 3.63) is 44.3 Å². The Morgan fingerprint density at radius 1 is 1.00 bits per heavy atom. The number of hydrogen-bond donors (Lipinski definition) is 0. The maximum Gasteiger partial charge on any atom is 0.390 e. The second-order valence-electron chi connectivity index (χ2n) is 6.51. The number of aromatic nitrogens is 4. The molecule has 0 aromatic carbocycles. The molecule has 0 unspecified atom stereocenters. The van der Waals surface area contributed by atoms with Crippen molar-refractivity contribution in [2.24, 2.45) is 0 Å². The minimum Gasteiger partial charge on any atom is -0.358 e. The Morgan fingerprint density at radius 2 is 1.44 bits per heavy atom. The summed E-state index contributed by atoms with van der Waals surface area (Å²) in [4.78, 5) is 28.7. The highest BCUT2D eigenvalue weighted by Crippen LogP contribution is 2.21. The van der Waals surface area contributed by atoms with Crippen molar-refractivity contribution >= 4 is 23.2 Å². The Kier molecular flexibility index (Phi) is 5.38. The van der Waals surface area contributed by atoms with E-state index in [2.05, 4.69) is 9.97 Å². The third-order valence-corrected chi connectivity index (χ3v) is 3.78. The third kappa shape index (κ3) is 4.31. The first-order valence-electron chi connectivity index (χ1n) is 7.37. The van der Waals surface area contributed by atoms with Crippen LogP contribution in [0.5, 0.6) is 0 Å². The number of hydrogen-bond acceptors (Lipinski definition) is 6. The molecule has 2 rings (SSSR count). The summed E-state index contributed by atoms with van der Waals surface area (Å²) < 4.78 is 3.76. The zero-order valence-electron chi connectivity index (χ0n) is 14.1. The summed E-state index contributed by atoms with van der Waals surface area (Å²) >= 11 is 5.79. The van der Waals surface area contributed by atoms with Crippen molar-refractivity contribution in [2.75, 3.05) is 21.1 Å². The van der Waals surface area contributed by atoms with Crippen LogP contribution in [-0.4, -0.2) is 54.6 Å². The average molecular weight is 373 g/mol. The topological polar surface area (TPSA) is 122 Å². The summed E-state index contributed by atoms with van der Waals surface area (Å²) in [6, 6.07) is 0. The molecule has 0 radical (unpaired) electrons. The predicted octanol–water partition coefficient (Wildman–Crippen LogP) is 1.54. The molecule has 0 fully saturated rings. The molecule has 0 spiro atoms. The van der Waals surface area contributed by atoms with E-state index in [1.54, 1.807) is 9.13 Å². The van der Waals surface area contributed by atoms with Gasteiger partial charge in [-0.3, -0.25) is 0 Å². The van der Waals surface area contributed by atoms with Crippen LogP contribution in [0.1, 0.15) is 11.4 Å². The minimum atomic E-state index is -0.585. The minimum absolute atomic E-state index is 0.0495. The van der Waals surface area contributed by atoms with Gasteiger partial charge in [-0.15, -0.1) is 11.6 Å². The number of nitro groups is 2. The van der Waals surface area contributed by atoms with Crippen molar-refractivity contribution in [3.63, 3.8) is 0 Å². The van der Waals surface area contributed by atoms with Gasteiger partial charge in [-0.25, -0.2) is 0 Å². The Hall–Kier alpha value is -2.53.